The van der Waals surface area contributed by atoms with E-state index in [9.17, 15) is 0 Å². The Hall–Kier alpha value is -1.03. The molecule has 2 aromatic rings. The van der Waals surface area contributed by atoms with E-state index in [2.05, 4.69) is 46.9 Å². The lowest BCUT2D eigenvalue weighted by Gasteiger charge is -2.01. The molecule has 0 saturated carbocycles. The van der Waals surface area contributed by atoms with Crippen molar-refractivity contribution in [2.24, 2.45) is 0 Å². The molecule has 0 aromatic heterocycles. The third-order valence-corrected chi connectivity index (χ3v) is 2.81. The highest BCUT2D eigenvalue weighted by molar-refractivity contribution is 14.1. The Morgan fingerprint density at radius 1 is 0.714 bits per heavy atom. The van der Waals surface area contributed by atoms with Crippen LogP contribution in [0.1, 0.15) is 0 Å². The molecule has 2 rings (SSSR count). The summed E-state index contributed by atoms with van der Waals surface area (Å²) in [4.78, 5) is 0. The van der Waals surface area contributed by atoms with E-state index < -0.39 is 0 Å². The minimum Gasteiger partial charge on any atom is -0.399 e. The van der Waals surface area contributed by atoms with Gasteiger partial charge >= 0.3 is 0 Å². The van der Waals surface area contributed by atoms with Crippen LogP contribution in [0.3, 0.4) is 0 Å². The minimum absolute atomic E-state index is 0.805. The van der Waals surface area contributed by atoms with Crippen LogP contribution in [0, 0.1) is 3.57 Å². The maximum atomic E-state index is 5.63. The number of anilines is 1. The van der Waals surface area contributed by atoms with Crippen LogP contribution in [0.2, 0.25) is 0 Å². The summed E-state index contributed by atoms with van der Waals surface area (Å²) in [6.45, 7) is 0. The molecule has 0 amide bonds. The summed E-state index contributed by atoms with van der Waals surface area (Å²) >= 11 is 2.30. The quantitative estimate of drug-likeness (QED) is 0.632. The molecule has 0 aliphatic heterocycles. The molecule has 0 atom stereocenters. The monoisotopic (exact) mass is 295 g/mol. The predicted molar refractivity (Wildman–Crippen MR) is 69.0 cm³/mol. The predicted octanol–water partition coefficient (Wildman–Crippen LogP) is 3.54. The van der Waals surface area contributed by atoms with Gasteiger partial charge in [-0.2, -0.15) is 0 Å². The molecular formula is C12H10IN. The van der Waals surface area contributed by atoms with Crippen LogP contribution in [0.4, 0.5) is 5.69 Å². The molecule has 0 heterocycles. The van der Waals surface area contributed by atoms with E-state index in [1.165, 1.54) is 14.7 Å². The van der Waals surface area contributed by atoms with Gasteiger partial charge in [0.15, 0.2) is 0 Å². The van der Waals surface area contributed by atoms with Crippen molar-refractivity contribution in [1.29, 1.82) is 0 Å². The second-order valence-electron chi connectivity index (χ2n) is 3.13. The first kappa shape index (κ1) is 9.52. The molecule has 1 nitrogen and oxygen atoms in total. The van der Waals surface area contributed by atoms with Crippen molar-refractivity contribution in [3.05, 3.63) is 52.1 Å². The molecule has 0 radical (unpaired) electrons. The van der Waals surface area contributed by atoms with Crippen molar-refractivity contribution in [2.45, 2.75) is 0 Å². The number of nitrogens with two attached hydrogens (primary N) is 1. The molecule has 14 heavy (non-hydrogen) atoms. The second kappa shape index (κ2) is 4.00. The Labute approximate surface area is 97.1 Å². The molecule has 0 fully saturated rings. The standard InChI is InChI=1S/C12H10IN/c13-11-5-1-9(2-6-11)10-3-7-12(14)8-4-10/h1-8H,14H2. The molecule has 70 valence electrons. The van der Waals surface area contributed by atoms with Gasteiger partial charge in [0.2, 0.25) is 0 Å². The minimum atomic E-state index is 0.805. The highest BCUT2D eigenvalue weighted by Gasteiger charge is 1.96. The smallest absolute Gasteiger partial charge is 0.0314 e. The first-order valence-electron chi connectivity index (χ1n) is 4.37. The Kier molecular flexibility index (Phi) is 2.72. The second-order valence-corrected chi connectivity index (χ2v) is 4.37. The third-order valence-electron chi connectivity index (χ3n) is 2.09. The van der Waals surface area contributed by atoms with Gasteiger partial charge in [0.25, 0.3) is 0 Å². The van der Waals surface area contributed by atoms with E-state index in [0.717, 1.165) is 5.69 Å². The van der Waals surface area contributed by atoms with Gasteiger partial charge in [-0.05, 0) is 58.0 Å². The Balaban J connectivity index is 2.40. The number of benzene rings is 2. The Morgan fingerprint density at radius 3 is 1.64 bits per heavy atom. The van der Waals surface area contributed by atoms with Crippen molar-refractivity contribution in [3.8, 4) is 11.1 Å². The Morgan fingerprint density at radius 2 is 1.14 bits per heavy atom. The number of hydrogen-bond acceptors (Lipinski definition) is 1. The zero-order valence-electron chi connectivity index (χ0n) is 7.57. The van der Waals surface area contributed by atoms with E-state index in [-0.39, 0.29) is 0 Å². The van der Waals surface area contributed by atoms with E-state index in [4.69, 9.17) is 5.73 Å². The van der Waals surface area contributed by atoms with E-state index in [1.807, 2.05) is 24.3 Å². The molecule has 2 N–H and O–H groups in total. The van der Waals surface area contributed by atoms with Crippen LogP contribution < -0.4 is 5.73 Å². The van der Waals surface area contributed by atoms with Gasteiger partial charge in [-0.3, -0.25) is 0 Å². The number of hydrogen-bond donors (Lipinski definition) is 1. The normalized spacial score (nSPS) is 10.1. The fourth-order valence-corrected chi connectivity index (χ4v) is 1.68. The molecule has 2 aromatic carbocycles. The molecule has 0 aliphatic carbocycles. The van der Waals surface area contributed by atoms with E-state index in [1.54, 1.807) is 0 Å². The van der Waals surface area contributed by atoms with Crippen LogP contribution in [0.15, 0.2) is 48.5 Å². The lowest BCUT2D eigenvalue weighted by molar-refractivity contribution is 1.59. The molecule has 0 aliphatic rings. The average Bonchev–Trinajstić information content (AvgIpc) is 2.21. The summed E-state index contributed by atoms with van der Waals surface area (Å²) in [5.41, 5.74) is 8.86. The van der Waals surface area contributed by atoms with Gasteiger partial charge in [0.05, 0.1) is 0 Å². The maximum absolute atomic E-state index is 5.63. The van der Waals surface area contributed by atoms with Gasteiger partial charge in [-0.15, -0.1) is 0 Å². The molecule has 2 heteroatoms. The van der Waals surface area contributed by atoms with Gasteiger partial charge in [-0.1, -0.05) is 24.3 Å². The number of halogens is 1. The van der Waals surface area contributed by atoms with Gasteiger partial charge in [0.1, 0.15) is 0 Å². The van der Waals surface area contributed by atoms with Gasteiger partial charge in [0, 0.05) is 9.26 Å². The first-order valence-corrected chi connectivity index (χ1v) is 5.45. The SMILES string of the molecule is Nc1ccc(-c2ccc(I)cc2)cc1. The summed E-state index contributed by atoms with van der Waals surface area (Å²) in [5, 5.41) is 0. The van der Waals surface area contributed by atoms with Crippen LogP contribution in [-0.2, 0) is 0 Å². The van der Waals surface area contributed by atoms with Crippen molar-refractivity contribution in [2.75, 3.05) is 5.73 Å². The lowest BCUT2D eigenvalue weighted by Crippen LogP contribution is -1.83. The zero-order valence-corrected chi connectivity index (χ0v) is 9.73. The summed E-state index contributed by atoms with van der Waals surface area (Å²) in [6, 6.07) is 16.4. The summed E-state index contributed by atoms with van der Waals surface area (Å²) in [5.74, 6) is 0. The van der Waals surface area contributed by atoms with Crippen LogP contribution in [0.25, 0.3) is 11.1 Å². The molecule has 0 unspecified atom stereocenters. The molecular weight excluding hydrogens is 285 g/mol. The topological polar surface area (TPSA) is 26.0 Å². The van der Waals surface area contributed by atoms with Crippen LogP contribution in [-0.4, -0.2) is 0 Å². The highest BCUT2D eigenvalue weighted by Crippen LogP contribution is 2.21. The Bertz CT molecular complexity index is 374. The van der Waals surface area contributed by atoms with Crippen molar-refractivity contribution in [1.82, 2.24) is 0 Å². The summed E-state index contributed by atoms with van der Waals surface area (Å²) < 4.78 is 1.25. The van der Waals surface area contributed by atoms with Crippen molar-refractivity contribution in [3.63, 3.8) is 0 Å². The van der Waals surface area contributed by atoms with E-state index in [0.29, 0.717) is 0 Å². The third kappa shape index (κ3) is 2.07. The fraction of sp³-hybridized carbons (Fsp3) is 0. The van der Waals surface area contributed by atoms with Crippen LogP contribution >= 0.6 is 22.6 Å². The molecule has 0 saturated heterocycles. The molecule has 0 spiro atoms. The zero-order chi connectivity index (χ0) is 9.97. The van der Waals surface area contributed by atoms with E-state index >= 15 is 0 Å². The highest BCUT2D eigenvalue weighted by atomic mass is 127. The van der Waals surface area contributed by atoms with Gasteiger partial charge in [-0.25, -0.2) is 0 Å². The summed E-state index contributed by atoms with van der Waals surface area (Å²) in [6.07, 6.45) is 0. The average molecular weight is 295 g/mol. The van der Waals surface area contributed by atoms with Crippen LogP contribution in [0.5, 0.6) is 0 Å². The first-order chi connectivity index (χ1) is 6.75. The fourth-order valence-electron chi connectivity index (χ4n) is 1.32. The number of nitrogen functional groups attached to an aromatic ring is 1. The number of rotatable bonds is 1. The van der Waals surface area contributed by atoms with Crippen molar-refractivity contribution >= 4 is 28.3 Å². The summed E-state index contributed by atoms with van der Waals surface area (Å²) in [7, 11) is 0. The lowest BCUT2D eigenvalue weighted by atomic mass is 10.1. The van der Waals surface area contributed by atoms with Gasteiger partial charge < -0.3 is 5.73 Å². The largest absolute Gasteiger partial charge is 0.399 e. The molecule has 0 bridgehead atoms. The van der Waals surface area contributed by atoms with Crippen molar-refractivity contribution < 1.29 is 0 Å². The maximum Gasteiger partial charge on any atom is 0.0314 e.